The van der Waals surface area contributed by atoms with E-state index in [2.05, 4.69) is 11.4 Å². The molecule has 17 heavy (non-hydrogen) atoms. The molecule has 1 atom stereocenters. The number of methoxy groups -OCH3 is 1. The van der Waals surface area contributed by atoms with Gasteiger partial charge in [0.05, 0.1) is 18.7 Å². The molecular weight excluding hydrogens is 232 g/mol. The van der Waals surface area contributed by atoms with E-state index >= 15 is 0 Å². The van der Waals surface area contributed by atoms with E-state index < -0.39 is 0 Å². The molecule has 0 saturated carbocycles. The molecule has 0 aliphatic carbocycles. The van der Waals surface area contributed by atoms with Crippen molar-refractivity contribution in [1.82, 2.24) is 5.32 Å². The Morgan fingerprint density at radius 1 is 1.59 bits per heavy atom. The number of benzene rings is 1. The van der Waals surface area contributed by atoms with Gasteiger partial charge in [0.15, 0.2) is 0 Å². The molecule has 1 N–H and O–H groups in total. The molecule has 4 heteroatoms. The molecule has 1 saturated heterocycles. The first-order valence-corrected chi connectivity index (χ1v) is 6.87. The van der Waals surface area contributed by atoms with Gasteiger partial charge in [-0.2, -0.15) is 17.0 Å². The summed E-state index contributed by atoms with van der Waals surface area (Å²) in [4.78, 5) is 0. The van der Waals surface area contributed by atoms with Crippen molar-refractivity contribution in [3.63, 3.8) is 0 Å². The average molecular weight is 248 g/mol. The fraction of sp³-hybridized carbons (Fsp3) is 0.462. The van der Waals surface area contributed by atoms with Crippen LogP contribution in [-0.2, 0) is 6.54 Å². The normalized spacial score (nSPS) is 18.9. The standard InChI is InChI=1S/C13H16N2OS/c1-16-13-3-2-10(7-14)6-11(13)8-15-12-4-5-17-9-12/h2-3,6,12,15H,4-5,8-9H2,1H3. The molecular formula is C13H16N2OS. The fourth-order valence-electron chi connectivity index (χ4n) is 1.94. The van der Waals surface area contributed by atoms with Gasteiger partial charge in [0, 0.05) is 23.9 Å². The minimum atomic E-state index is 0.593. The topological polar surface area (TPSA) is 45.0 Å². The van der Waals surface area contributed by atoms with Gasteiger partial charge in [-0.25, -0.2) is 0 Å². The van der Waals surface area contributed by atoms with Crippen LogP contribution in [0.15, 0.2) is 18.2 Å². The van der Waals surface area contributed by atoms with Crippen LogP contribution >= 0.6 is 11.8 Å². The Kier molecular flexibility index (Phi) is 4.29. The Morgan fingerprint density at radius 3 is 3.12 bits per heavy atom. The minimum absolute atomic E-state index is 0.593. The number of hydrogen-bond acceptors (Lipinski definition) is 4. The maximum absolute atomic E-state index is 8.89. The molecule has 0 radical (unpaired) electrons. The summed E-state index contributed by atoms with van der Waals surface area (Å²) in [6, 6.07) is 8.29. The predicted octanol–water partition coefficient (Wildman–Crippen LogP) is 2.16. The third kappa shape index (κ3) is 3.15. The second-order valence-corrected chi connectivity index (χ2v) is 5.23. The maximum Gasteiger partial charge on any atom is 0.123 e. The van der Waals surface area contributed by atoms with E-state index in [-0.39, 0.29) is 0 Å². The summed E-state index contributed by atoms with van der Waals surface area (Å²) < 4.78 is 5.31. The minimum Gasteiger partial charge on any atom is -0.496 e. The fourth-order valence-corrected chi connectivity index (χ4v) is 3.12. The predicted molar refractivity (Wildman–Crippen MR) is 70.3 cm³/mol. The van der Waals surface area contributed by atoms with Crippen molar-refractivity contribution in [2.24, 2.45) is 0 Å². The summed E-state index contributed by atoms with van der Waals surface area (Å²) >= 11 is 1.99. The van der Waals surface area contributed by atoms with Crippen LogP contribution in [0, 0.1) is 11.3 Å². The van der Waals surface area contributed by atoms with Gasteiger partial charge in [-0.1, -0.05) is 0 Å². The Balaban J connectivity index is 2.04. The van der Waals surface area contributed by atoms with Gasteiger partial charge in [0.1, 0.15) is 5.75 Å². The van der Waals surface area contributed by atoms with Crippen molar-refractivity contribution in [2.45, 2.75) is 19.0 Å². The summed E-state index contributed by atoms with van der Waals surface area (Å²) in [6.45, 7) is 0.768. The first-order valence-electron chi connectivity index (χ1n) is 5.71. The van der Waals surface area contributed by atoms with Crippen LogP contribution in [0.1, 0.15) is 17.5 Å². The van der Waals surface area contributed by atoms with Crippen molar-refractivity contribution >= 4 is 11.8 Å². The van der Waals surface area contributed by atoms with E-state index in [0.717, 1.165) is 17.9 Å². The van der Waals surface area contributed by atoms with E-state index in [1.54, 1.807) is 13.2 Å². The lowest BCUT2D eigenvalue weighted by atomic mass is 10.1. The average Bonchev–Trinajstić information content (AvgIpc) is 2.89. The van der Waals surface area contributed by atoms with Crippen LogP contribution < -0.4 is 10.1 Å². The van der Waals surface area contributed by atoms with Crippen molar-refractivity contribution in [2.75, 3.05) is 18.6 Å². The third-order valence-electron chi connectivity index (χ3n) is 2.92. The highest BCUT2D eigenvalue weighted by atomic mass is 32.2. The number of thioether (sulfide) groups is 1. The summed E-state index contributed by atoms with van der Waals surface area (Å²) in [5, 5.41) is 12.4. The lowest BCUT2D eigenvalue weighted by Gasteiger charge is -2.13. The molecule has 0 amide bonds. The Morgan fingerprint density at radius 2 is 2.47 bits per heavy atom. The Bertz CT molecular complexity index is 422. The second-order valence-electron chi connectivity index (χ2n) is 4.08. The molecule has 90 valence electrons. The summed E-state index contributed by atoms with van der Waals surface area (Å²) in [5.74, 6) is 3.27. The van der Waals surface area contributed by atoms with Gasteiger partial charge in [-0.3, -0.25) is 0 Å². The van der Waals surface area contributed by atoms with Gasteiger partial charge in [-0.15, -0.1) is 0 Å². The van der Waals surface area contributed by atoms with E-state index in [4.69, 9.17) is 10.00 Å². The lowest BCUT2D eigenvalue weighted by Crippen LogP contribution is -2.28. The molecule has 1 aliphatic rings. The number of nitrogens with one attached hydrogen (secondary N) is 1. The van der Waals surface area contributed by atoms with Crippen molar-refractivity contribution in [3.05, 3.63) is 29.3 Å². The molecule has 1 aromatic carbocycles. The molecule has 3 nitrogen and oxygen atoms in total. The zero-order valence-electron chi connectivity index (χ0n) is 9.90. The first kappa shape index (κ1) is 12.3. The molecule has 0 bridgehead atoms. The van der Waals surface area contributed by atoms with Gasteiger partial charge in [0.25, 0.3) is 0 Å². The van der Waals surface area contributed by atoms with Gasteiger partial charge < -0.3 is 10.1 Å². The molecule has 2 rings (SSSR count). The summed E-state index contributed by atoms with van der Waals surface area (Å²) in [5.41, 5.74) is 1.74. The molecule has 1 aromatic rings. The van der Waals surface area contributed by atoms with Crippen molar-refractivity contribution in [3.8, 4) is 11.8 Å². The molecule has 1 unspecified atom stereocenters. The van der Waals surface area contributed by atoms with E-state index in [1.165, 1.54) is 17.9 Å². The van der Waals surface area contributed by atoms with E-state index in [9.17, 15) is 0 Å². The highest BCUT2D eigenvalue weighted by Gasteiger charge is 2.15. The van der Waals surface area contributed by atoms with Gasteiger partial charge >= 0.3 is 0 Å². The highest BCUT2D eigenvalue weighted by Crippen LogP contribution is 2.21. The summed E-state index contributed by atoms with van der Waals surface area (Å²) in [7, 11) is 1.66. The van der Waals surface area contributed by atoms with Crippen LogP contribution in [0.4, 0.5) is 0 Å². The zero-order chi connectivity index (χ0) is 12.1. The largest absolute Gasteiger partial charge is 0.496 e. The van der Waals surface area contributed by atoms with Crippen LogP contribution in [-0.4, -0.2) is 24.7 Å². The molecule has 0 aromatic heterocycles. The second kappa shape index (κ2) is 5.95. The quantitative estimate of drug-likeness (QED) is 0.887. The summed E-state index contributed by atoms with van der Waals surface area (Å²) in [6.07, 6.45) is 1.23. The van der Waals surface area contributed by atoms with Crippen LogP contribution in [0.3, 0.4) is 0 Å². The Hall–Kier alpha value is -1.18. The van der Waals surface area contributed by atoms with E-state index in [1.807, 2.05) is 23.9 Å². The SMILES string of the molecule is COc1ccc(C#N)cc1CNC1CCSC1. The van der Waals surface area contributed by atoms with Crippen LogP contribution in [0.25, 0.3) is 0 Å². The molecule has 1 heterocycles. The lowest BCUT2D eigenvalue weighted by molar-refractivity contribution is 0.406. The van der Waals surface area contributed by atoms with Crippen molar-refractivity contribution in [1.29, 1.82) is 5.26 Å². The zero-order valence-corrected chi connectivity index (χ0v) is 10.7. The number of hydrogen-bond donors (Lipinski definition) is 1. The Labute approximate surface area is 106 Å². The number of ether oxygens (including phenoxy) is 1. The maximum atomic E-state index is 8.89. The smallest absolute Gasteiger partial charge is 0.123 e. The highest BCUT2D eigenvalue weighted by molar-refractivity contribution is 7.99. The van der Waals surface area contributed by atoms with Crippen LogP contribution in [0.2, 0.25) is 0 Å². The van der Waals surface area contributed by atoms with E-state index in [0.29, 0.717) is 11.6 Å². The molecule has 1 fully saturated rings. The molecule has 1 aliphatic heterocycles. The third-order valence-corrected chi connectivity index (χ3v) is 4.08. The first-order chi connectivity index (χ1) is 8.33. The molecule has 0 spiro atoms. The number of nitrogens with zero attached hydrogens (tertiary/aromatic N) is 1. The van der Waals surface area contributed by atoms with Gasteiger partial charge in [-0.05, 0) is 30.4 Å². The van der Waals surface area contributed by atoms with Gasteiger partial charge in [0.2, 0.25) is 0 Å². The van der Waals surface area contributed by atoms with Crippen LogP contribution in [0.5, 0.6) is 5.75 Å². The monoisotopic (exact) mass is 248 g/mol. The number of rotatable bonds is 4. The number of nitriles is 1. The van der Waals surface area contributed by atoms with Crippen molar-refractivity contribution < 1.29 is 4.74 Å².